The van der Waals surface area contributed by atoms with Crippen LogP contribution in [0.15, 0.2) is 41.1 Å². The molecule has 5 rings (SSSR count). The maximum absolute atomic E-state index is 13.2. The van der Waals surface area contributed by atoms with Gasteiger partial charge in [-0.15, -0.1) is 0 Å². The van der Waals surface area contributed by atoms with Gasteiger partial charge >= 0.3 is 0 Å². The van der Waals surface area contributed by atoms with Gasteiger partial charge < -0.3 is 24.7 Å². The first-order valence-corrected chi connectivity index (χ1v) is 11.9. The topological polar surface area (TPSA) is 127 Å². The third-order valence-electron chi connectivity index (χ3n) is 6.40. The highest BCUT2D eigenvalue weighted by Crippen LogP contribution is 2.33. The van der Waals surface area contributed by atoms with Crippen molar-refractivity contribution in [2.24, 2.45) is 5.92 Å². The predicted octanol–water partition coefficient (Wildman–Crippen LogP) is 3.48. The van der Waals surface area contributed by atoms with Crippen LogP contribution in [0.3, 0.4) is 0 Å². The second kappa shape index (κ2) is 10.0. The molecule has 1 aliphatic heterocycles. The van der Waals surface area contributed by atoms with E-state index >= 15 is 0 Å². The molecule has 2 aliphatic rings. The Morgan fingerprint density at radius 3 is 2.66 bits per heavy atom. The van der Waals surface area contributed by atoms with E-state index in [2.05, 4.69) is 20.6 Å². The van der Waals surface area contributed by atoms with Crippen LogP contribution in [-0.2, 0) is 14.3 Å². The smallest absolute Gasteiger partial charge is 0.294 e. The lowest BCUT2D eigenvalue weighted by molar-refractivity contribution is -0.146. The molecule has 3 aromatic rings. The Labute approximate surface area is 206 Å². The van der Waals surface area contributed by atoms with Crippen LogP contribution < -0.4 is 10.6 Å². The summed E-state index contributed by atoms with van der Waals surface area (Å²) < 4.78 is 11.0. The van der Waals surface area contributed by atoms with Gasteiger partial charge in [-0.05, 0) is 49.9 Å². The summed E-state index contributed by atoms with van der Waals surface area (Å²) in [5.41, 5.74) is 0.997. The molecule has 2 fully saturated rings. The molecule has 35 heavy (non-hydrogen) atoms. The molecule has 3 aromatic heterocycles. The van der Waals surface area contributed by atoms with Crippen LogP contribution in [0.4, 0.5) is 11.5 Å². The number of furan rings is 1. The number of carbonyl (C=O) groups is 3. The van der Waals surface area contributed by atoms with Crippen LogP contribution in [0.25, 0.3) is 11.1 Å². The van der Waals surface area contributed by atoms with Crippen molar-refractivity contribution < 1.29 is 23.5 Å². The SMILES string of the molecule is O=C(Nc1ccc(Cl)cn1)c1oc2cccnc2c1NC(=O)C1CCC(N2CCOCC2=O)CC1. The summed E-state index contributed by atoms with van der Waals surface area (Å²) in [5, 5.41) is 5.98. The number of amides is 3. The van der Waals surface area contributed by atoms with Gasteiger partial charge in [0.15, 0.2) is 5.58 Å². The number of carbonyl (C=O) groups excluding carboxylic acids is 3. The number of rotatable bonds is 5. The summed E-state index contributed by atoms with van der Waals surface area (Å²) in [6.45, 7) is 1.26. The van der Waals surface area contributed by atoms with Crippen molar-refractivity contribution in [3.63, 3.8) is 0 Å². The van der Waals surface area contributed by atoms with Crippen LogP contribution in [0.2, 0.25) is 5.02 Å². The van der Waals surface area contributed by atoms with E-state index in [1.165, 1.54) is 6.20 Å². The zero-order chi connectivity index (χ0) is 24.4. The molecule has 182 valence electrons. The molecule has 0 aromatic carbocycles. The number of aromatic nitrogens is 2. The molecule has 10 nitrogen and oxygen atoms in total. The van der Waals surface area contributed by atoms with Crippen LogP contribution in [0.1, 0.15) is 36.2 Å². The van der Waals surface area contributed by atoms with E-state index in [9.17, 15) is 14.4 Å². The molecular formula is C24H24ClN5O5. The summed E-state index contributed by atoms with van der Waals surface area (Å²) in [6.07, 6.45) is 5.75. The molecular weight excluding hydrogens is 474 g/mol. The lowest BCUT2D eigenvalue weighted by Gasteiger charge is -2.38. The standard InChI is InChI=1S/C24H24ClN5O5/c25-15-5-8-18(27-12-15)28-24(33)22-21(20-17(35-22)2-1-9-26-20)29-23(32)14-3-6-16(7-4-14)30-10-11-34-13-19(30)31/h1-2,5,8-9,12,14,16H,3-4,6-7,10-11,13H2,(H,29,32)(H,27,28,33). The molecule has 0 spiro atoms. The third kappa shape index (κ3) is 4.98. The van der Waals surface area contributed by atoms with Gasteiger partial charge in [0.05, 0.1) is 11.6 Å². The van der Waals surface area contributed by atoms with Crippen molar-refractivity contribution in [2.75, 3.05) is 30.4 Å². The zero-order valence-electron chi connectivity index (χ0n) is 18.8. The highest BCUT2D eigenvalue weighted by Gasteiger charge is 2.34. The quantitative estimate of drug-likeness (QED) is 0.552. The molecule has 11 heteroatoms. The van der Waals surface area contributed by atoms with Crippen molar-refractivity contribution in [1.82, 2.24) is 14.9 Å². The monoisotopic (exact) mass is 497 g/mol. The zero-order valence-corrected chi connectivity index (χ0v) is 19.6. The largest absolute Gasteiger partial charge is 0.447 e. The fourth-order valence-corrected chi connectivity index (χ4v) is 4.73. The average Bonchev–Trinajstić information content (AvgIpc) is 3.24. The van der Waals surface area contributed by atoms with E-state index in [1.54, 1.807) is 30.5 Å². The lowest BCUT2D eigenvalue weighted by Crippen LogP contribution is -2.49. The van der Waals surface area contributed by atoms with Gasteiger partial charge in [-0.2, -0.15) is 0 Å². The number of halogens is 1. The Kier molecular flexibility index (Phi) is 6.65. The Morgan fingerprint density at radius 1 is 1.09 bits per heavy atom. The van der Waals surface area contributed by atoms with Crippen molar-refractivity contribution in [3.05, 3.63) is 47.4 Å². The average molecular weight is 498 g/mol. The molecule has 0 unspecified atom stereocenters. The van der Waals surface area contributed by atoms with Gasteiger partial charge in [0.2, 0.25) is 17.6 Å². The molecule has 0 radical (unpaired) electrons. The second-order valence-corrected chi connectivity index (χ2v) is 9.04. The van der Waals surface area contributed by atoms with Gasteiger partial charge in [0, 0.05) is 30.9 Å². The van der Waals surface area contributed by atoms with Crippen LogP contribution in [-0.4, -0.2) is 58.4 Å². The number of nitrogens with one attached hydrogen (secondary N) is 2. The van der Waals surface area contributed by atoms with E-state index in [4.69, 9.17) is 20.8 Å². The summed E-state index contributed by atoms with van der Waals surface area (Å²) in [7, 11) is 0. The number of fused-ring (bicyclic) bond motifs is 1. The summed E-state index contributed by atoms with van der Waals surface area (Å²) in [5.74, 6) is -0.778. The van der Waals surface area contributed by atoms with Crippen molar-refractivity contribution in [3.8, 4) is 0 Å². The predicted molar refractivity (Wildman–Crippen MR) is 128 cm³/mol. The van der Waals surface area contributed by atoms with E-state index in [1.807, 2.05) is 4.90 Å². The summed E-state index contributed by atoms with van der Waals surface area (Å²) in [4.78, 5) is 48.6. The highest BCUT2D eigenvalue weighted by molar-refractivity contribution is 6.30. The molecule has 0 atom stereocenters. The van der Waals surface area contributed by atoms with Crippen molar-refractivity contribution in [1.29, 1.82) is 0 Å². The van der Waals surface area contributed by atoms with E-state index in [0.29, 0.717) is 47.9 Å². The summed E-state index contributed by atoms with van der Waals surface area (Å²) >= 11 is 5.86. The number of morpholine rings is 1. The minimum atomic E-state index is -0.567. The summed E-state index contributed by atoms with van der Waals surface area (Å²) in [6, 6.07) is 6.67. The lowest BCUT2D eigenvalue weighted by atomic mass is 9.84. The Morgan fingerprint density at radius 2 is 1.91 bits per heavy atom. The fraction of sp³-hybridized carbons (Fsp3) is 0.375. The van der Waals surface area contributed by atoms with Crippen LogP contribution in [0, 0.1) is 5.92 Å². The number of anilines is 2. The molecule has 0 bridgehead atoms. The molecule has 1 saturated carbocycles. The number of ether oxygens (including phenoxy) is 1. The molecule has 1 saturated heterocycles. The van der Waals surface area contributed by atoms with Gasteiger partial charge in [-0.25, -0.2) is 4.98 Å². The Hall–Kier alpha value is -3.50. The maximum Gasteiger partial charge on any atom is 0.294 e. The molecule has 4 heterocycles. The number of nitrogens with zero attached hydrogens (tertiary/aromatic N) is 3. The third-order valence-corrected chi connectivity index (χ3v) is 6.62. The Balaban J connectivity index is 1.30. The first kappa shape index (κ1) is 23.3. The Bertz CT molecular complexity index is 1250. The molecule has 1 aliphatic carbocycles. The number of hydrogen-bond acceptors (Lipinski definition) is 7. The fourth-order valence-electron chi connectivity index (χ4n) is 4.62. The maximum atomic E-state index is 13.2. The van der Waals surface area contributed by atoms with Crippen LogP contribution >= 0.6 is 11.6 Å². The minimum Gasteiger partial charge on any atom is -0.447 e. The van der Waals surface area contributed by atoms with Gasteiger partial charge in [-0.1, -0.05) is 11.6 Å². The molecule has 3 amide bonds. The van der Waals surface area contributed by atoms with E-state index in [-0.39, 0.29) is 41.8 Å². The minimum absolute atomic E-state index is 0.00549. The molecule has 2 N–H and O–H groups in total. The van der Waals surface area contributed by atoms with Gasteiger partial charge in [0.1, 0.15) is 23.6 Å². The van der Waals surface area contributed by atoms with Gasteiger partial charge in [-0.3, -0.25) is 19.4 Å². The highest BCUT2D eigenvalue weighted by atomic mass is 35.5. The number of pyridine rings is 2. The number of hydrogen-bond donors (Lipinski definition) is 2. The first-order valence-electron chi connectivity index (χ1n) is 11.5. The van der Waals surface area contributed by atoms with Crippen molar-refractivity contribution in [2.45, 2.75) is 31.7 Å². The second-order valence-electron chi connectivity index (χ2n) is 8.61. The van der Waals surface area contributed by atoms with E-state index in [0.717, 1.165) is 12.8 Å². The van der Waals surface area contributed by atoms with E-state index < -0.39 is 5.91 Å². The van der Waals surface area contributed by atoms with Crippen LogP contribution in [0.5, 0.6) is 0 Å². The van der Waals surface area contributed by atoms with Crippen molar-refractivity contribution >= 4 is 51.9 Å². The van der Waals surface area contributed by atoms with Gasteiger partial charge in [0.25, 0.3) is 5.91 Å². The normalized spacial score (nSPS) is 20.6. The first-order chi connectivity index (χ1) is 17.0.